The molecule has 1 aromatic rings. The first-order chi connectivity index (χ1) is 8.02. The Hall–Kier alpha value is -0.870. The number of hydrogen-bond acceptors (Lipinski definition) is 3. The molecule has 0 saturated heterocycles. The number of Topliss-reactive ketones (excluding diaryl/α,β-unsaturated/α-hetero) is 1. The number of carbonyl (C=O) groups is 1. The molecule has 0 heterocycles. The first-order valence-corrected chi connectivity index (χ1v) is 6.32. The lowest BCUT2D eigenvalue weighted by Crippen LogP contribution is -2.20. The lowest BCUT2D eigenvalue weighted by atomic mass is 10.2. The smallest absolute Gasteiger partial charge is 0.133 e. The summed E-state index contributed by atoms with van der Waals surface area (Å²) in [4.78, 5) is 13.0. The van der Waals surface area contributed by atoms with Gasteiger partial charge in [0, 0.05) is 19.5 Å². The maximum absolute atomic E-state index is 10.9. The van der Waals surface area contributed by atoms with Gasteiger partial charge in [-0.3, -0.25) is 4.79 Å². The molecule has 1 aromatic carbocycles. The Morgan fingerprint density at radius 2 is 2.18 bits per heavy atom. The van der Waals surface area contributed by atoms with Gasteiger partial charge in [-0.2, -0.15) is 0 Å². The van der Waals surface area contributed by atoms with Crippen molar-refractivity contribution in [2.24, 2.45) is 0 Å². The fourth-order valence-electron chi connectivity index (χ4n) is 1.55. The van der Waals surface area contributed by atoms with Gasteiger partial charge in [-0.15, -0.1) is 0 Å². The van der Waals surface area contributed by atoms with Crippen molar-refractivity contribution in [3.8, 4) is 5.75 Å². The monoisotopic (exact) mass is 299 g/mol. The van der Waals surface area contributed by atoms with Crippen molar-refractivity contribution in [3.63, 3.8) is 0 Å². The van der Waals surface area contributed by atoms with E-state index in [1.165, 1.54) is 5.56 Å². The Kier molecular flexibility index (Phi) is 5.65. The van der Waals surface area contributed by atoms with Gasteiger partial charge < -0.3 is 9.64 Å². The van der Waals surface area contributed by atoms with Gasteiger partial charge in [0.2, 0.25) is 0 Å². The van der Waals surface area contributed by atoms with Crippen molar-refractivity contribution in [2.45, 2.75) is 19.9 Å². The molecule has 0 spiro atoms. The Balaban J connectivity index is 2.56. The van der Waals surface area contributed by atoms with E-state index in [1.807, 2.05) is 25.2 Å². The van der Waals surface area contributed by atoms with Crippen molar-refractivity contribution in [3.05, 3.63) is 28.2 Å². The zero-order valence-corrected chi connectivity index (χ0v) is 12.1. The van der Waals surface area contributed by atoms with Crippen LogP contribution in [0.5, 0.6) is 5.75 Å². The van der Waals surface area contributed by atoms with E-state index < -0.39 is 0 Å². The van der Waals surface area contributed by atoms with Crippen molar-refractivity contribution < 1.29 is 9.53 Å². The Labute approximate surface area is 111 Å². The predicted molar refractivity (Wildman–Crippen MR) is 72.3 cm³/mol. The van der Waals surface area contributed by atoms with Gasteiger partial charge in [0.15, 0.2) is 0 Å². The van der Waals surface area contributed by atoms with Crippen LogP contribution in [0.1, 0.15) is 18.9 Å². The summed E-state index contributed by atoms with van der Waals surface area (Å²) >= 11 is 3.46. The number of methoxy groups -OCH3 is 1. The van der Waals surface area contributed by atoms with E-state index in [0.29, 0.717) is 6.42 Å². The zero-order chi connectivity index (χ0) is 12.8. The standard InChI is InChI=1S/C13H18BrNO2/c1-10(16)6-7-15(2)9-11-4-5-13(17-3)12(14)8-11/h4-5,8H,6-7,9H2,1-3H3. The van der Waals surface area contributed by atoms with E-state index in [1.54, 1.807) is 14.0 Å². The van der Waals surface area contributed by atoms with E-state index in [4.69, 9.17) is 4.74 Å². The van der Waals surface area contributed by atoms with Crippen LogP contribution in [-0.4, -0.2) is 31.4 Å². The first kappa shape index (κ1) is 14.2. The Morgan fingerprint density at radius 3 is 2.71 bits per heavy atom. The summed E-state index contributed by atoms with van der Waals surface area (Å²) in [6.45, 7) is 3.24. The minimum Gasteiger partial charge on any atom is -0.496 e. The molecule has 0 aromatic heterocycles. The molecule has 4 heteroatoms. The molecule has 0 fully saturated rings. The van der Waals surface area contributed by atoms with Gasteiger partial charge in [-0.05, 0) is 47.6 Å². The average molecular weight is 300 g/mol. The van der Waals surface area contributed by atoms with E-state index in [-0.39, 0.29) is 5.78 Å². The maximum atomic E-state index is 10.9. The molecular weight excluding hydrogens is 282 g/mol. The molecule has 0 atom stereocenters. The second-order valence-corrected chi connectivity index (χ2v) is 5.01. The highest BCUT2D eigenvalue weighted by Crippen LogP contribution is 2.25. The summed E-state index contributed by atoms with van der Waals surface area (Å²) in [7, 11) is 3.67. The summed E-state index contributed by atoms with van der Waals surface area (Å²) in [5.41, 5.74) is 1.20. The van der Waals surface area contributed by atoms with E-state index in [0.717, 1.165) is 23.3 Å². The Bertz CT molecular complexity index is 393. The molecule has 0 radical (unpaired) electrons. The number of rotatable bonds is 6. The van der Waals surface area contributed by atoms with Gasteiger partial charge in [0.25, 0.3) is 0 Å². The van der Waals surface area contributed by atoms with Crippen LogP contribution in [-0.2, 0) is 11.3 Å². The summed E-state index contributed by atoms with van der Waals surface area (Å²) in [5, 5.41) is 0. The number of benzene rings is 1. The topological polar surface area (TPSA) is 29.5 Å². The summed E-state index contributed by atoms with van der Waals surface area (Å²) < 4.78 is 6.13. The highest BCUT2D eigenvalue weighted by molar-refractivity contribution is 9.10. The summed E-state index contributed by atoms with van der Waals surface area (Å²) in [6, 6.07) is 6.02. The SMILES string of the molecule is COc1ccc(CN(C)CCC(C)=O)cc1Br. The minimum absolute atomic E-state index is 0.229. The van der Waals surface area contributed by atoms with Gasteiger partial charge in [0.1, 0.15) is 11.5 Å². The molecule has 1 rings (SSSR count). The average Bonchev–Trinajstić information content (AvgIpc) is 2.26. The van der Waals surface area contributed by atoms with Gasteiger partial charge >= 0.3 is 0 Å². The van der Waals surface area contributed by atoms with Crippen molar-refractivity contribution in [2.75, 3.05) is 20.7 Å². The molecule has 0 N–H and O–H groups in total. The van der Waals surface area contributed by atoms with Crippen molar-refractivity contribution in [1.82, 2.24) is 4.90 Å². The van der Waals surface area contributed by atoms with Crippen LogP contribution in [0.15, 0.2) is 22.7 Å². The first-order valence-electron chi connectivity index (χ1n) is 5.53. The molecule has 0 amide bonds. The van der Waals surface area contributed by atoms with Crippen LogP contribution in [0, 0.1) is 0 Å². The number of ketones is 1. The van der Waals surface area contributed by atoms with E-state index in [2.05, 4.69) is 20.8 Å². The number of nitrogens with zero attached hydrogens (tertiary/aromatic N) is 1. The summed E-state index contributed by atoms with van der Waals surface area (Å²) in [6.07, 6.45) is 0.605. The fourth-order valence-corrected chi connectivity index (χ4v) is 2.14. The molecule has 0 saturated carbocycles. The number of ether oxygens (including phenoxy) is 1. The Morgan fingerprint density at radius 1 is 1.47 bits per heavy atom. The normalized spacial score (nSPS) is 10.6. The lowest BCUT2D eigenvalue weighted by molar-refractivity contribution is -0.117. The second kappa shape index (κ2) is 6.77. The molecule has 0 unspecified atom stereocenters. The van der Waals surface area contributed by atoms with Gasteiger partial charge in [-0.25, -0.2) is 0 Å². The van der Waals surface area contributed by atoms with E-state index >= 15 is 0 Å². The number of carbonyl (C=O) groups excluding carboxylic acids is 1. The molecular formula is C13H18BrNO2. The fraction of sp³-hybridized carbons (Fsp3) is 0.462. The molecule has 3 nitrogen and oxygen atoms in total. The molecule has 17 heavy (non-hydrogen) atoms. The third-order valence-electron chi connectivity index (χ3n) is 2.51. The zero-order valence-electron chi connectivity index (χ0n) is 10.5. The van der Waals surface area contributed by atoms with E-state index in [9.17, 15) is 4.79 Å². The van der Waals surface area contributed by atoms with Crippen LogP contribution in [0.4, 0.5) is 0 Å². The predicted octanol–water partition coefficient (Wildman–Crippen LogP) is 2.87. The van der Waals surface area contributed by atoms with Crippen LogP contribution in [0.25, 0.3) is 0 Å². The molecule has 0 bridgehead atoms. The van der Waals surface area contributed by atoms with Crippen LogP contribution in [0.3, 0.4) is 0 Å². The van der Waals surface area contributed by atoms with Crippen LogP contribution in [0.2, 0.25) is 0 Å². The third kappa shape index (κ3) is 4.88. The van der Waals surface area contributed by atoms with Crippen LogP contribution >= 0.6 is 15.9 Å². The van der Waals surface area contributed by atoms with Gasteiger partial charge in [0.05, 0.1) is 11.6 Å². The quantitative estimate of drug-likeness (QED) is 0.809. The van der Waals surface area contributed by atoms with Crippen molar-refractivity contribution >= 4 is 21.7 Å². The third-order valence-corrected chi connectivity index (χ3v) is 3.13. The maximum Gasteiger partial charge on any atom is 0.133 e. The van der Waals surface area contributed by atoms with Crippen LogP contribution < -0.4 is 4.74 Å². The molecule has 0 aliphatic rings. The molecule has 94 valence electrons. The largest absolute Gasteiger partial charge is 0.496 e. The van der Waals surface area contributed by atoms with Crippen molar-refractivity contribution in [1.29, 1.82) is 0 Å². The second-order valence-electron chi connectivity index (χ2n) is 4.16. The highest BCUT2D eigenvalue weighted by Gasteiger charge is 2.05. The summed E-state index contributed by atoms with van der Waals surface area (Å²) in [5.74, 6) is 1.06. The lowest BCUT2D eigenvalue weighted by Gasteiger charge is -2.16. The number of hydrogen-bond donors (Lipinski definition) is 0. The molecule has 0 aliphatic heterocycles. The molecule has 0 aliphatic carbocycles. The minimum atomic E-state index is 0.229. The highest BCUT2D eigenvalue weighted by atomic mass is 79.9. The number of halogens is 1. The van der Waals surface area contributed by atoms with Gasteiger partial charge in [-0.1, -0.05) is 6.07 Å².